The fraction of sp³-hybridized carbons (Fsp3) is 0.778. The van der Waals surface area contributed by atoms with Crippen molar-refractivity contribution in [3.8, 4) is 0 Å². The van der Waals surface area contributed by atoms with Gasteiger partial charge >= 0.3 is 0 Å². The summed E-state index contributed by atoms with van der Waals surface area (Å²) in [7, 11) is 0. The van der Waals surface area contributed by atoms with Crippen LogP contribution in [0.15, 0.2) is 0 Å². The minimum Gasteiger partial charge on any atom is -0.390 e. The number of aliphatic hydroxyl groups is 1. The standard InChI is InChI=1S/C9H16ClN3O/c1-3-8-11-9(4-2)13(12-8)6-7(14)5-10/h7,14H,3-6H2,1-2H3. The van der Waals surface area contributed by atoms with Gasteiger partial charge in [0.2, 0.25) is 0 Å². The molecule has 0 aliphatic carbocycles. The van der Waals surface area contributed by atoms with Gasteiger partial charge in [-0.25, -0.2) is 9.67 Å². The van der Waals surface area contributed by atoms with Crippen LogP contribution in [-0.2, 0) is 19.4 Å². The molecule has 5 heteroatoms. The third kappa shape index (κ3) is 2.69. The number of aromatic nitrogens is 3. The monoisotopic (exact) mass is 217 g/mol. The number of rotatable bonds is 5. The minimum atomic E-state index is -0.548. The Morgan fingerprint density at radius 2 is 2.14 bits per heavy atom. The summed E-state index contributed by atoms with van der Waals surface area (Å²) >= 11 is 5.53. The van der Waals surface area contributed by atoms with Crippen LogP contribution in [0, 0.1) is 0 Å². The van der Waals surface area contributed by atoms with Gasteiger partial charge in [-0.3, -0.25) is 0 Å². The number of hydrogen-bond acceptors (Lipinski definition) is 3. The summed E-state index contributed by atoms with van der Waals surface area (Å²) in [5.41, 5.74) is 0. The van der Waals surface area contributed by atoms with Gasteiger partial charge in [-0.2, -0.15) is 5.10 Å². The second kappa shape index (κ2) is 5.32. The highest BCUT2D eigenvalue weighted by Gasteiger charge is 2.10. The lowest BCUT2D eigenvalue weighted by molar-refractivity contribution is 0.170. The number of alkyl halides is 1. The maximum absolute atomic E-state index is 9.39. The molecule has 4 nitrogen and oxygen atoms in total. The maximum atomic E-state index is 9.39. The van der Waals surface area contributed by atoms with Crippen LogP contribution in [0.1, 0.15) is 25.5 Å². The number of nitrogens with zero attached hydrogens (tertiary/aromatic N) is 3. The molecule has 0 fully saturated rings. The van der Waals surface area contributed by atoms with Crippen LogP contribution in [-0.4, -0.2) is 31.9 Å². The summed E-state index contributed by atoms with van der Waals surface area (Å²) in [6.45, 7) is 4.46. The van der Waals surface area contributed by atoms with E-state index in [1.807, 2.05) is 13.8 Å². The van der Waals surface area contributed by atoms with Crippen LogP contribution in [0.3, 0.4) is 0 Å². The van der Waals surface area contributed by atoms with E-state index in [-0.39, 0.29) is 5.88 Å². The Bertz CT molecular complexity index is 288. The van der Waals surface area contributed by atoms with Crippen LogP contribution in [0.5, 0.6) is 0 Å². The average Bonchev–Trinajstić information content (AvgIpc) is 2.60. The summed E-state index contributed by atoms with van der Waals surface area (Å²) in [6.07, 6.45) is 1.09. The molecule has 0 aliphatic rings. The highest BCUT2D eigenvalue weighted by Crippen LogP contribution is 2.03. The molecule has 1 aromatic heterocycles. The first-order chi connectivity index (χ1) is 6.71. The van der Waals surface area contributed by atoms with Crippen molar-refractivity contribution in [2.24, 2.45) is 0 Å². The minimum absolute atomic E-state index is 0.227. The van der Waals surface area contributed by atoms with E-state index < -0.39 is 6.10 Å². The Kier molecular flexibility index (Phi) is 4.35. The van der Waals surface area contributed by atoms with Gasteiger partial charge in [0, 0.05) is 12.8 Å². The summed E-state index contributed by atoms with van der Waals surface area (Å²) in [6, 6.07) is 0. The molecule has 1 unspecified atom stereocenters. The maximum Gasteiger partial charge on any atom is 0.150 e. The third-order valence-corrected chi connectivity index (χ3v) is 2.34. The van der Waals surface area contributed by atoms with Crippen molar-refractivity contribution in [1.29, 1.82) is 0 Å². The Labute approximate surface area is 88.9 Å². The highest BCUT2D eigenvalue weighted by atomic mass is 35.5. The quantitative estimate of drug-likeness (QED) is 0.749. The van der Waals surface area contributed by atoms with E-state index in [2.05, 4.69) is 10.1 Å². The summed E-state index contributed by atoms with van der Waals surface area (Å²) in [4.78, 5) is 4.33. The molecule has 0 radical (unpaired) electrons. The van der Waals surface area contributed by atoms with E-state index in [4.69, 9.17) is 11.6 Å². The van der Waals surface area contributed by atoms with Crippen LogP contribution in [0.25, 0.3) is 0 Å². The normalized spacial score (nSPS) is 13.1. The molecule has 80 valence electrons. The lowest BCUT2D eigenvalue weighted by Gasteiger charge is -2.07. The van der Waals surface area contributed by atoms with Gasteiger partial charge in [-0.15, -0.1) is 11.6 Å². The van der Waals surface area contributed by atoms with E-state index in [0.29, 0.717) is 6.54 Å². The molecule has 14 heavy (non-hydrogen) atoms. The Morgan fingerprint density at radius 3 is 2.64 bits per heavy atom. The molecular formula is C9H16ClN3O. The summed E-state index contributed by atoms with van der Waals surface area (Å²) in [5.74, 6) is 1.96. The fourth-order valence-electron chi connectivity index (χ4n) is 1.23. The summed E-state index contributed by atoms with van der Waals surface area (Å²) < 4.78 is 1.74. The molecular weight excluding hydrogens is 202 g/mol. The molecule has 1 N–H and O–H groups in total. The van der Waals surface area contributed by atoms with Crippen molar-refractivity contribution < 1.29 is 5.11 Å². The number of halogens is 1. The van der Waals surface area contributed by atoms with E-state index >= 15 is 0 Å². The molecule has 0 aromatic carbocycles. The zero-order valence-corrected chi connectivity index (χ0v) is 9.33. The molecule has 0 spiro atoms. The predicted octanol–water partition coefficient (Wildman–Crippen LogP) is 1.00. The van der Waals surface area contributed by atoms with Gasteiger partial charge < -0.3 is 5.11 Å². The van der Waals surface area contributed by atoms with Gasteiger partial charge in [0.05, 0.1) is 18.5 Å². The van der Waals surface area contributed by atoms with Crippen molar-refractivity contribution in [3.05, 3.63) is 11.6 Å². The lowest BCUT2D eigenvalue weighted by Crippen LogP contribution is -2.20. The molecule has 1 atom stereocenters. The van der Waals surface area contributed by atoms with E-state index in [1.54, 1.807) is 4.68 Å². The topological polar surface area (TPSA) is 50.9 Å². The van der Waals surface area contributed by atoms with Gasteiger partial charge in [0.15, 0.2) is 5.82 Å². The average molecular weight is 218 g/mol. The van der Waals surface area contributed by atoms with Crippen LogP contribution < -0.4 is 0 Å². The van der Waals surface area contributed by atoms with Gasteiger partial charge in [0.1, 0.15) is 5.82 Å². The number of aryl methyl sites for hydroxylation is 2. The first kappa shape index (κ1) is 11.5. The molecule has 1 aromatic rings. The molecule has 1 heterocycles. The zero-order chi connectivity index (χ0) is 10.6. The van der Waals surface area contributed by atoms with Crippen molar-refractivity contribution in [2.45, 2.75) is 39.3 Å². The van der Waals surface area contributed by atoms with Crippen molar-refractivity contribution in [3.63, 3.8) is 0 Å². The molecule has 1 rings (SSSR count). The van der Waals surface area contributed by atoms with Gasteiger partial charge in [-0.1, -0.05) is 13.8 Å². The van der Waals surface area contributed by atoms with Crippen molar-refractivity contribution in [1.82, 2.24) is 14.8 Å². The van der Waals surface area contributed by atoms with Crippen molar-refractivity contribution in [2.75, 3.05) is 5.88 Å². The number of hydrogen-bond donors (Lipinski definition) is 1. The van der Waals surface area contributed by atoms with Crippen molar-refractivity contribution >= 4 is 11.6 Å². The third-order valence-electron chi connectivity index (χ3n) is 1.99. The van der Waals surface area contributed by atoms with E-state index in [0.717, 1.165) is 24.5 Å². The number of aliphatic hydroxyl groups excluding tert-OH is 1. The SMILES string of the molecule is CCc1nc(CC)n(CC(O)CCl)n1. The second-order valence-corrected chi connectivity index (χ2v) is 3.45. The van der Waals surface area contributed by atoms with Gasteiger partial charge in [-0.05, 0) is 0 Å². The fourth-order valence-corrected chi connectivity index (χ4v) is 1.33. The molecule has 0 amide bonds. The molecule has 0 bridgehead atoms. The Morgan fingerprint density at radius 1 is 1.43 bits per heavy atom. The zero-order valence-electron chi connectivity index (χ0n) is 8.57. The molecule has 0 saturated carbocycles. The first-order valence-corrected chi connectivity index (χ1v) is 5.41. The lowest BCUT2D eigenvalue weighted by atomic mass is 10.4. The largest absolute Gasteiger partial charge is 0.390 e. The Hall–Kier alpha value is -0.610. The van der Waals surface area contributed by atoms with Crippen LogP contribution in [0.4, 0.5) is 0 Å². The predicted molar refractivity (Wildman–Crippen MR) is 55.5 cm³/mol. The van der Waals surface area contributed by atoms with Crippen LogP contribution >= 0.6 is 11.6 Å². The molecule has 0 aliphatic heterocycles. The van der Waals surface area contributed by atoms with E-state index in [1.165, 1.54) is 0 Å². The van der Waals surface area contributed by atoms with Gasteiger partial charge in [0.25, 0.3) is 0 Å². The van der Waals surface area contributed by atoms with Crippen LogP contribution in [0.2, 0.25) is 0 Å². The van der Waals surface area contributed by atoms with E-state index in [9.17, 15) is 5.11 Å². The second-order valence-electron chi connectivity index (χ2n) is 3.14. The molecule has 0 saturated heterocycles. The summed E-state index contributed by atoms with van der Waals surface area (Å²) in [5, 5.41) is 13.7. The highest BCUT2D eigenvalue weighted by molar-refractivity contribution is 6.18. The smallest absolute Gasteiger partial charge is 0.150 e. The first-order valence-electron chi connectivity index (χ1n) is 4.87. The Balaban J connectivity index is 2.78.